The number of hydrogen-bond acceptors (Lipinski definition) is 4. The predicted molar refractivity (Wildman–Crippen MR) is 93.8 cm³/mol. The van der Waals surface area contributed by atoms with Crippen LogP contribution >= 0.6 is 0 Å². The Morgan fingerprint density at radius 2 is 1.70 bits per heavy atom. The number of carbonyl (C=O) groups is 2. The average molecular weight is 364 g/mol. The van der Waals surface area contributed by atoms with Gasteiger partial charge in [-0.05, 0) is 24.8 Å². The van der Waals surface area contributed by atoms with Gasteiger partial charge in [0.2, 0.25) is 5.54 Å². The summed E-state index contributed by atoms with van der Waals surface area (Å²) in [6.07, 6.45) is 3.88. The summed E-state index contributed by atoms with van der Waals surface area (Å²) in [6, 6.07) is 11.9. The van der Waals surface area contributed by atoms with Crippen LogP contribution in [0, 0.1) is 34.1 Å². The molecule has 0 amide bonds. The Bertz CT molecular complexity index is 853. The molecule has 4 bridgehead atoms. The van der Waals surface area contributed by atoms with Gasteiger partial charge in [-0.3, -0.25) is 9.59 Å². The van der Waals surface area contributed by atoms with Crippen LogP contribution in [0.3, 0.4) is 0 Å². The maximum absolute atomic E-state index is 11.9. The molecule has 0 unspecified atom stereocenters. The molecule has 0 atom stereocenters. The Morgan fingerprint density at radius 1 is 1.11 bits per heavy atom. The van der Waals surface area contributed by atoms with Crippen LogP contribution in [-0.2, 0) is 20.9 Å². The lowest BCUT2D eigenvalue weighted by molar-refractivity contribution is -0.210. The first-order valence-electron chi connectivity index (χ1n) is 9.05. The lowest BCUT2D eigenvalue weighted by Crippen LogP contribution is -2.68. The molecule has 1 aromatic rings. The van der Waals surface area contributed by atoms with E-state index in [1.165, 1.54) is 0 Å². The zero-order chi connectivity index (χ0) is 19.3. The minimum atomic E-state index is -0.710. The number of nitrogens with zero attached hydrogens (tertiary/aromatic N) is 2. The fourth-order valence-corrected chi connectivity index (χ4v) is 5.08. The van der Waals surface area contributed by atoms with E-state index in [2.05, 4.69) is 10.9 Å². The van der Waals surface area contributed by atoms with Gasteiger partial charge in [-0.15, -0.1) is 0 Å². The lowest BCUT2D eigenvalue weighted by Gasteiger charge is -2.64. The second-order valence-corrected chi connectivity index (χ2v) is 8.72. The summed E-state index contributed by atoms with van der Waals surface area (Å²) in [5.74, 6) is -0.837. The molecule has 27 heavy (non-hydrogen) atoms. The van der Waals surface area contributed by atoms with Crippen molar-refractivity contribution in [3.05, 3.63) is 47.3 Å². The van der Waals surface area contributed by atoms with E-state index in [-0.39, 0.29) is 22.3 Å². The van der Waals surface area contributed by atoms with E-state index in [9.17, 15) is 9.59 Å². The number of hydrogen-bond donors (Lipinski definition) is 1. The number of carboxylic acids is 1. The molecule has 6 heteroatoms. The lowest BCUT2D eigenvalue weighted by atomic mass is 9.36. The largest absolute Gasteiger partial charge is 0.481 e. The van der Waals surface area contributed by atoms with Gasteiger partial charge in [0.15, 0.2) is 0 Å². The van der Waals surface area contributed by atoms with E-state index in [4.69, 9.17) is 21.7 Å². The quantitative estimate of drug-likeness (QED) is 0.653. The molecule has 6 nitrogen and oxygen atoms in total. The molecule has 6 aliphatic carbocycles. The molecule has 0 heterocycles. The predicted octanol–water partition coefficient (Wildman–Crippen LogP) is 3.34. The van der Waals surface area contributed by atoms with Crippen molar-refractivity contribution in [3.8, 4) is 6.07 Å². The molecule has 6 saturated carbocycles. The highest BCUT2D eigenvalue weighted by Gasteiger charge is 2.78. The van der Waals surface area contributed by atoms with E-state index >= 15 is 0 Å². The second-order valence-electron chi connectivity index (χ2n) is 8.72. The Balaban J connectivity index is 0.000000153. The molecule has 6 aliphatic rings. The van der Waals surface area contributed by atoms with Crippen molar-refractivity contribution in [1.82, 2.24) is 0 Å². The molecular weight excluding hydrogens is 344 g/mol. The monoisotopic (exact) mass is 364 g/mol. The normalized spacial score (nSPS) is 38.6. The maximum atomic E-state index is 11.9. The van der Waals surface area contributed by atoms with Gasteiger partial charge in [-0.1, -0.05) is 30.3 Å². The van der Waals surface area contributed by atoms with Crippen LogP contribution in [0.2, 0.25) is 0 Å². The van der Waals surface area contributed by atoms with Crippen LogP contribution in [-0.4, -0.2) is 22.6 Å². The number of ether oxygens (including phenoxy) is 1. The van der Waals surface area contributed by atoms with Crippen LogP contribution in [0.1, 0.15) is 44.1 Å². The minimum Gasteiger partial charge on any atom is -0.481 e. The number of aliphatic carboxylic acids is 1. The number of esters is 1. The highest BCUT2D eigenvalue weighted by atomic mass is 16.5. The maximum Gasteiger partial charge on any atom is 0.312 e. The van der Waals surface area contributed by atoms with Gasteiger partial charge >= 0.3 is 11.9 Å². The first-order valence-corrected chi connectivity index (χ1v) is 9.05. The van der Waals surface area contributed by atoms with Gasteiger partial charge in [0.05, 0.1) is 22.3 Å². The van der Waals surface area contributed by atoms with Crippen molar-refractivity contribution in [1.29, 1.82) is 5.26 Å². The van der Waals surface area contributed by atoms with Crippen molar-refractivity contribution >= 4 is 11.9 Å². The van der Waals surface area contributed by atoms with Gasteiger partial charge in [0.1, 0.15) is 6.61 Å². The molecule has 138 valence electrons. The van der Waals surface area contributed by atoms with Crippen LogP contribution in [0.15, 0.2) is 30.3 Å². The van der Waals surface area contributed by atoms with Gasteiger partial charge in [0, 0.05) is 19.3 Å². The number of carbonyl (C=O) groups excluding carboxylic acids is 1. The summed E-state index contributed by atoms with van der Waals surface area (Å²) in [5.41, 5.74) is -0.207. The molecule has 0 radical (unpaired) electrons. The average Bonchev–Trinajstić information content (AvgIpc) is 2.50. The summed E-state index contributed by atoms with van der Waals surface area (Å²) < 4.78 is 5.31. The molecule has 1 N–H and O–H groups in total. The molecule has 6 fully saturated rings. The van der Waals surface area contributed by atoms with Crippen molar-refractivity contribution in [2.75, 3.05) is 0 Å². The fraction of sp³-hybridized carbons (Fsp3) is 0.524. The Morgan fingerprint density at radius 3 is 2.19 bits per heavy atom. The first-order chi connectivity index (χ1) is 12.8. The highest BCUT2D eigenvalue weighted by molar-refractivity contribution is 5.82. The van der Waals surface area contributed by atoms with E-state index in [0.29, 0.717) is 45.1 Å². The molecule has 0 spiro atoms. The van der Waals surface area contributed by atoms with Crippen molar-refractivity contribution < 1.29 is 19.4 Å². The zero-order valence-electron chi connectivity index (χ0n) is 14.9. The van der Waals surface area contributed by atoms with E-state index in [0.717, 1.165) is 5.56 Å². The second kappa shape index (κ2) is 5.57. The third kappa shape index (κ3) is 2.51. The Labute approximate surface area is 157 Å². The van der Waals surface area contributed by atoms with Crippen molar-refractivity contribution in [2.24, 2.45) is 16.2 Å². The third-order valence-corrected chi connectivity index (χ3v) is 6.61. The molecule has 7 rings (SSSR count). The topological polar surface area (TPSA) is 91.8 Å². The molecule has 0 saturated heterocycles. The van der Waals surface area contributed by atoms with Crippen LogP contribution in [0.4, 0.5) is 0 Å². The summed E-state index contributed by atoms with van der Waals surface area (Å²) >= 11 is 0. The first kappa shape index (κ1) is 17.5. The summed E-state index contributed by atoms with van der Waals surface area (Å²) in [7, 11) is 0. The Hall–Kier alpha value is -2.86. The minimum absolute atomic E-state index is 0.126. The highest BCUT2D eigenvalue weighted by Crippen LogP contribution is 2.73. The molecule has 0 aliphatic heterocycles. The van der Waals surface area contributed by atoms with Gasteiger partial charge in [-0.2, -0.15) is 5.26 Å². The smallest absolute Gasteiger partial charge is 0.312 e. The standard InChI is InChI=1S/C14H13NO2.C7H7NO2/c15-10-13-7-14(8-13,9-13)12(16)17-6-11-4-2-1-3-5-11;1-8-7-2-6(3-7,4-7)5(9)10/h1-5H,6-9H2;2-4H2,(H,9,10). The number of rotatable bonds is 4. The Kier molecular flexibility index (Phi) is 3.62. The van der Waals surface area contributed by atoms with Gasteiger partial charge in [0.25, 0.3) is 0 Å². The van der Waals surface area contributed by atoms with Crippen LogP contribution in [0.25, 0.3) is 4.85 Å². The van der Waals surface area contributed by atoms with Gasteiger partial charge in [-0.25, -0.2) is 6.57 Å². The molecule has 1 aromatic carbocycles. The van der Waals surface area contributed by atoms with Crippen molar-refractivity contribution in [3.63, 3.8) is 0 Å². The van der Waals surface area contributed by atoms with Crippen LogP contribution in [0.5, 0.6) is 0 Å². The molecular formula is C21H20N2O4. The summed E-state index contributed by atoms with van der Waals surface area (Å²) in [6.45, 7) is 7.09. The summed E-state index contributed by atoms with van der Waals surface area (Å²) in [4.78, 5) is 25.8. The van der Waals surface area contributed by atoms with E-state index in [1.807, 2.05) is 30.3 Å². The number of nitriles is 1. The van der Waals surface area contributed by atoms with E-state index in [1.54, 1.807) is 0 Å². The van der Waals surface area contributed by atoms with Crippen molar-refractivity contribution in [2.45, 2.75) is 50.7 Å². The number of carboxylic acid groups (broad SMARTS) is 1. The zero-order valence-corrected chi connectivity index (χ0v) is 14.9. The fourth-order valence-electron chi connectivity index (χ4n) is 5.08. The molecule has 0 aromatic heterocycles. The van der Waals surface area contributed by atoms with Crippen LogP contribution < -0.4 is 0 Å². The SMILES string of the molecule is N#CC12CC(C(=O)OCc3ccccc3)(C1)C2.[C-]#[N+]C12CC(C(=O)O)(C1)C2. The van der Waals surface area contributed by atoms with E-state index < -0.39 is 11.4 Å². The number of benzene rings is 1. The van der Waals surface area contributed by atoms with Gasteiger partial charge < -0.3 is 14.7 Å². The summed E-state index contributed by atoms with van der Waals surface area (Å²) in [5, 5.41) is 17.5. The third-order valence-electron chi connectivity index (χ3n) is 6.61.